The molecule has 0 saturated heterocycles. The number of rotatable bonds is 6. The first-order valence-electron chi connectivity index (χ1n) is 6.76. The van der Waals surface area contributed by atoms with Crippen LogP contribution in [-0.2, 0) is 0 Å². The molecule has 3 heteroatoms. The Bertz CT molecular complexity index is 491. The van der Waals surface area contributed by atoms with E-state index in [4.69, 9.17) is 10.5 Å². The molecule has 3 nitrogen and oxygen atoms in total. The number of para-hydroxylation sites is 1. The molecule has 0 aliphatic carbocycles. The largest absolute Gasteiger partial charge is 0.493 e. The van der Waals surface area contributed by atoms with E-state index in [0.717, 1.165) is 5.75 Å². The summed E-state index contributed by atoms with van der Waals surface area (Å²) in [5.74, 6) is 1.65. The molecule has 0 aliphatic rings. The molecule has 102 valence electrons. The van der Waals surface area contributed by atoms with Crippen molar-refractivity contribution in [3.05, 3.63) is 53.9 Å². The van der Waals surface area contributed by atoms with E-state index in [2.05, 4.69) is 37.0 Å². The summed E-state index contributed by atoms with van der Waals surface area (Å²) < 4.78 is 5.98. The third-order valence-corrected chi connectivity index (χ3v) is 3.36. The van der Waals surface area contributed by atoms with Gasteiger partial charge in [-0.15, -0.1) is 0 Å². The Hall–Kier alpha value is -1.74. The molecule has 0 fully saturated rings. The molecule has 0 amide bonds. The van der Waals surface area contributed by atoms with Crippen LogP contribution in [0.1, 0.15) is 36.8 Å². The highest BCUT2D eigenvalue weighted by Crippen LogP contribution is 2.27. The van der Waals surface area contributed by atoms with Crippen LogP contribution < -0.4 is 10.5 Å². The molecule has 1 aromatic carbocycles. The molecule has 0 aliphatic heterocycles. The number of benzene rings is 1. The highest BCUT2D eigenvalue weighted by atomic mass is 16.5. The lowest BCUT2D eigenvalue weighted by atomic mass is 10.0. The molecule has 19 heavy (non-hydrogen) atoms. The summed E-state index contributed by atoms with van der Waals surface area (Å²) in [4.78, 5) is 3.06. The summed E-state index contributed by atoms with van der Waals surface area (Å²) in [6, 6.07) is 10.3. The second kappa shape index (κ2) is 6.43. The van der Waals surface area contributed by atoms with Gasteiger partial charge in [-0.2, -0.15) is 0 Å². The molecule has 1 heterocycles. The summed E-state index contributed by atoms with van der Waals surface area (Å²) in [6.45, 7) is 5.54. The standard InChI is InChI=1S/C16H22N2O/c1-12(2)15-5-3-4-6-16(15)19-11-14(9-17)13-7-8-18-10-13/h3-8,10,12,14,18H,9,11,17H2,1-2H3. The van der Waals surface area contributed by atoms with E-state index in [0.29, 0.717) is 19.1 Å². The number of hydrogen-bond acceptors (Lipinski definition) is 2. The molecule has 1 unspecified atom stereocenters. The first-order valence-corrected chi connectivity index (χ1v) is 6.76. The number of aromatic amines is 1. The molecule has 0 radical (unpaired) electrons. The van der Waals surface area contributed by atoms with Gasteiger partial charge in [0.2, 0.25) is 0 Å². The minimum absolute atomic E-state index is 0.228. The van der Waals surface area contributed by atoms with Gasteiger partial charge in [-0.25, -0.2) is 0 Å². The molecule has 1 atom stereocenters. The molecular formula is C16H22N2O. The molecule has 2 aromatic rings. The van der Waals surface area contributed by atoms with Crippen molar-refractivity contribution in [2.45, 2.75) is 25.7 Å². The highest BCUT2D eigenvalue weighted by molar-refractivity contribution is 5.35. The van der Waals surface area contributed by atoms with Crippen molar-refractivity contribution in [3.63, 3.8) is 0 Å². The third kappa shape index (κ3) is 3.38. The number of H-pyrrole nitrogens is 1. The monoisotopic (exact) mass is 258 g/mol. The predicted octanol–water partition coefficient (Wildman–Crippen LogP) is 3.26. The van der Waals surface area contributed by atoms with Crippen molar-refractivity contribution in [2.75, 3.05) is 13.2 Å². The maximum atomic E-state index is 5.98. The smallest absolute Gasteiger partial charge is 0.122 e. The Morgan fingerprint density at radius 2 is 2.00 bits per heavy atom. The van der Waals surface area contributed by atoms with Crippen LogP contribution in [0.4, 0.5) is 0 Å². The van der Waals surface area contributed by atoms with Crippen LogP contribution in [0, 0.1) is 0 Å². The van der Waals surface area contributed by atoms with Gasteiger partial charge in [0.15, 0.2) is 0 Å². The average molecular weight is 258 g/mol. The predicted molar refractivity (Wildman–Crippen MR) is 78.6 cm³/mol. The summed E-state index contributed by atoms with van der Waals surface area (Å²) in [7, 11) is 0. The minimum atomic E-state index is 0.228. The van der Waals surface area contributed by atoms with E-state index in [1.54, 1.807) is 0 Å². The second-order valence-corrected chi connectivity index (χ2v) is 5.08. The van der Waals surface area contributed by atoms with Crippen molar-refractivity contribution in [1.82, 2.24) is 4.98 Å². The van der Waals surface area contributed by atoms with E-state index in [1.165, 1.54) is 11.1 Å². The average Bonchev–Trinajstić information content (AvgIpc) is 2.94. The van der Waals surface area contributed by atoms with Gasteiger partial charge < -0.3 is 15.5 Å². The van der Waals surface area contributed by atoms with E-state index >= 15 is 0 Å². The van der Waals surface area contributed by atoms with Crippen molar-refractivity contribution < 1.29 is 4.74 Å². The zero-order valence-corrected chi connectivity index (χ0v) is 11.6. The van der Waals surface area contributed by atoms with Crippen molar-refractivity contribution >= 4 is 0 Å². The number of hydrogen-bond donors (Lipinski definition) is 2. The fourth-order valence-electron chi connectivity index (χ4n) is 2.17. The molecule has 0 saturated carbocycles. The summed E-state index contributed by atoms with van der Waals surface area (Å²) in [5.41, 5.74) is 8.27. The zero-order valence-electron chi connectivity index (χ0n) is 11.6. The van der Waals surface area contributed by atoms with Gasteiger partial charge in [0.05, 0.1) is 6.61 Å². The molecule has 3 N–H and O–H groups in total. The number of nitrogens with one attached hydrogen (secondary N) is 1. The van der Waals surface area contributed by atoms with Gasteiger partial charge in [-0.05, 0) is 29.2 Å². The first-order chi connectivity index (χ1) is 9.22. The van der Waals surface area contributed by atoms with Gasteiger partial charge in [0.25, 0.3) is 0 Å². The highest BCUT2D eigenvalue weighted by Gasteiger charge is 2.13. The maximum Gasteiger partial charge on any atom is 0.122 e. The van der Waals surface area contributed by atoms with Crippen LogP contribution in [0.3, 0.4) is 0 Å². The van der Waals surface area contributed by atoms with Crippen LogP contribution >= 0.6 is 0 Å². The van der Waals surface area contributed by atoms with Gasteiger partial charge in [0, 0.05) is 24.9 Å². The maximum absolute atomic E-state index is 5.98. The van der Waals surface area contributed by atoms with Crippen molar-refractivity contribution in [3.8, 4) is 5.75 Å². The minimum Gasteiger partial charge on any atom is -0.493 e. The van der Waals surface area contributed by atoms with Crippen molar-refractivity contribution in [1.29, 1.82) is 0 Å². The Kier molecular flexibility index (Phi) is 4.63. The van der Waals surface area contributed by atoms with E-state index in [1.807, 2.05) is 24.5 Å². The first kappa shape index (κ1) is 13.7. The van der Waals surface area contributed by atoms with Gasteiger partial charge >= 0.3 is 0 Å². The fraction of sp³-hybridized carbons (Fsp3) is 0.375. The van der Waals surface area contributed by atoms with E-state index in [-0.39, 0.29) is 5.92 Å². The van der Waals surface area contributed by atoms with E-state index in [9.17, 15) is 0 Å². The number of nitrogens with two attached hydrogens (primary N) is 1. The number of aromatic nitrogens is 1. The molecule has 0 bridgehead atoms. The Morgan fingerprint density at radius 3 is 2.63 bits per heavy atom. The van der Waals surface area contributed by atoms with Gasteiger partial charge in [-0.3, -0.25) is 0 Å². The van der Waals surface area contributed by atoms with Crippen molar-refractivity contribution in [2.24, 2.45) is 5.73 Å². The Balaban J connectivity index is 2.06. The molecular weight excluding hydrogens is 236 g/mol. The second-order valence-electron chi connectivity index (χ2n) is 5.08. The zero-order chi connectivity index (χ0) is 13.7. The normalized spacial score (nSPS) is 12.6. The van der Waals surface area contributed by atoms with Crippen LogP contribution in [0.25, 0.3) is 0 Å². The lowest BCUT2D eigenvalue weighted by Crippen LogP contribution is -2.19. The quantitative estimate of drug-likeness (QED) is 0.835. The third-order valence-electron chi connectivity index (χ3n) is 3.36. The topological polar surface area (TPSA) is 51.0 Å². The number of ether oxygens (including phenoxy) is 1. The lowest BCUT2D eigenvalue weighted by Gasteiger charge is -2.18. The van der Waals surface area contributed by atoms with Gasteiger partial charge in [0.1, 0.15) is 5.75 Å². The van der Waals surface area contributed by atoms with Crippen LogP contribution in [-0.4, -0.2) is 18.1 Å². The summed E-state index contributed by atoms with van der Waals surface area (Å²) in [6.07, 6.45) is 3.90. The van der Waals surface area contributed by atoms with E-state index < -0.39 is 0 Å². The van der Waals surface area contributed by atoms with Crippen LogP contribution in [0.2, 0.25) is 0 Å². The lowest BCUT2D eigenvalue weighted by molar-refractivity contribution is 0.287. The van der Waals surface area contributed by atoms with Crippen LogP contribution in [0.15, 0.2) is 42.7 Å². The van der Waals surface area contributed by atoms with Gasteiger partial charge in [-0.1, -0.05) is 32.0 Å². The summed E-state index contributed by atoms with van der Waals surface area (Å²) >= 11 is 0. The Labute approximate surface area is 114 Å². The van der Waals surface area contributed by atoms with Crippen LogP contribution in [0.5, 0.6) is 5.75 Å². The summed E-state index contributed by atoms with van der Waals surface area (Å²) in [5, 5.41) is 0. The fourth-order valence-corrected chi connectivity index (χ4v) is 2.17. The molecule has 1 aromatic heterocycles. The molecule has 2 rings (SSSR count). The SMILES string of the molecule is CC(C)c1ccccc1OCC(CN)c1cc[nH]c1. The Morgan fingerprint density at radius 1 is 1.21 bits per heavy atom. The molecule has 0 spiro atoms.